The number of hydrogen-bond acceptors (Lipinski definition) is 8. The Morgan fingerprint density at radius 3 is 1.52 bits per heavy atom. The maximum atomic E-state index is 7.96. The average Bonchev–Trinajstić information content (AvgIpc) is 3.91. The molecule has 0 bridgehead atoms. The largest absolute Gasteiger partial charge is 0.245 e. The van der Waals surface area contributed by atoms with Crippen molar-refractivity contribution in [3.05, 3.63) is 117 Å². The molecule has 8 heteroatoms. The Labute approximate surface area is 306 Å². The van der Waals surface area contributed by atoms with Gasteiger partial charge in [-0.25, -0.2) is 19.9 Å². The van der Waals surface area contributed by atoms with E-state index in [0.29, 0.717) is 47.3 Å². The summed E-state index contributed by atoms with van der Waals surface area (Å²) < 4.78 is 35.3. The van der Waals surface area contributed by atoms with Crippen LogP contribution in [0.15, 0.2) is 94.7 Å². The van der Waals surface area contributed by atoms with Crippen LogP contribution in [-0.4, -0.2) is 19.9 Å². The molecule has 0 N–H and O–H groups in total. The zero-order valence-electron chi connectivity index (χ0n) is 32.7. The van der Waals surface area contributed by atoms with Crippen LogP contribution in [0.2, 0.25) is 0 Å². The first-order valence-corrected chi connectivity index (χ1v) is 19.6. The third kappa shape index (κ3) is 9.32. The normalized spacial score (nSPS) is 12.4. The van der Waals surface area contributed by atoms with Crippen molar-refractivity contribution in [2.24, 2.45) is 0 Å². The van der Waals surface area contributed by atoms with Gasteiger partial charge in [0.05, 0.1) is 68.4 Å². The van der Waals surface area contributed by atoms with Crippen molar-refractivity contribution in [3.8, 4) is 0 Å². The SMILES string of the molecule is [3H]c1c(C(C)C)ccc2ncsc12.[3H]c1cc(C(C)C)cc2scnc12.[3H]c1cc2ncsc2cc1C(C)C.[3H]c1nc2ccc(C(C)C)cc2s1. The minimum absolute atomic E-state index is 0.399. The molecule has 4 aromatic heterocycles. The van der Waals surface area contributed by atoms with Crippen LogP contribution in [-0.2, 0) is 0 Å². The van der Waals surface area contributed by atoms with Gasteiger partial charge >= 0.3 is 0 Å². The van der Waals surface area contributed by atoms with Gasteiger partial charge in [0.2, 0.25) is 0 Å². The van der Waals surface area contributed by atoms with Crippen molar-refractivity contribution < 1.29 is 5.48 Å². The second-order valence-electron chi connectivity index (χ2n) is 12.6. The van der Waals surface area contributed by atoms with Crippen molar-refractivity contribution in [3.63, 3.8) is 0 Å². The summed E-state index contributed by atoms with van der Waals surface area (Å²) in [5, 5.41) is 0. The molecule has 0 saturated heterocycles. The predicted molar refractivity (Wildman–Crippen MR) is 215 cm³/mol. The first-order chi connectivity index (χ1) is 24.7. The molecule has 8 rings (SSSR count). The Bertz CT molecular complexity index is 2400. The summed E-state index contributed by atoms with van der Waals surface area (Å²) in [7, 11) is 0. The Kier molecular flexibility index (Phi) is 10.6. The van der Waals surface area contributed by atoms with Crippen molar-refractivity contribution in [1.82, 2.24) is 19.9 Å². The summed E-state index contributed by atoms with van der Waals surface area (Å²) in [6.45, 7) is 17.1. The highest BCUT2D eigenvalue weighted by Gasteiger charge is 2.04. The highest BCUT2D eigenvalue weighted by molar-refractivity contribution is 7.17. The maximum absolute atomic E-state index is 7.96. The molecule has 48 heavy (non-hydrogen) atoms. The van der Waals surface area contributed by atoms with Crippen molar-refractivity contribution in [2.45, 2.75) is 79.1 Å². The molecular formula is C40H44N4S4. The first-order valence-electron chi connectivity index (χ1n) is 18.1. The molecule has 4 heterocycles. The molecular weight excluding hydrogens is 665 g/mol. The van der Waals surface area contributed by atoms with Crippen LogP contribution in [0.1, 0.15) is 107 Å². The van der Waals surface area contributed by atoms with E-state index in [1.54, 1.807) is 45.0 Å². The topological polar surface area (TPSA) is 51.6 Å². The number of nitrogens with zero attached hydrogens (tertiary/aromatic N) is 4. The molecule has 248 valence electrons. The van der Waals surface area contributed by atoms with E-state index >= 15 is 0 Å². The van der Waals surface area contributed by atoms with Crippen LogP contribution < -0.4 is 0 Å². The van der Waals surface area contributed by atoms with E-state index in [9.17, 15) is 0 Å². The van der Waals surface area contributed by atoms with Gasteiger partial charge < -0.3 is 0 Å². The molecule has 4 nitrogen and oxygen atoms in total. The summed E-state index contributed by atoms with van der Waals surface area (Å²) in [6, 6.07) is 20.0. The maximum Gasteiger partial charge on any atom is 0.0960 e. The molecule has 0 atom stereocenters. The molecule has 0 saturated carbocycles. The third-order valence-corrected chi connectivity index (χ3v) is 10.8. The van der Waals surface area contributed by atoms with Gasteiger partial charge in [-0.05, 0) is 94.4 Å². The van der Waals surface area contributed by atoms with E-state index in [1.807, 2.05) is 35.8 Å². The number of hydrogen-bond donors (Lipinski definition) is 0. The fraction of sp³-hybridized carbons (Fsp3) is 0.300. The quantitative estimate of drug-likeness (QED) is 0.182. The third-order valence-electron chi connectivity index (χ3n) is 7.71. The minimum atomic E-state index is 0.399. The summed E-state index contributed by atoms with van der Waals surface area (Å²) >= 11 is 6.22. The lowest BCUT2D eigenvalue weighted by molar-refractivity contribution is 0.869. The fourth-order valence-corrected chi connectivity index (χ4v) is 7.37. The Morgan fingerprint density at radius 1 is 0.438 bits per heavy atom. The Balaban J connectivity index is 0.000000134. The second kappa shape index (κ2) is 16.7. The van der Waals surface area contributed by atoms with Crippen LogP contribution in [0.25, 0.3) is 40.9 Å². The number of aromatic nitrogens is 4. The summed E-state index contributed by atoms with van der Waals surface area (Å²) in [4.78, 5) is 16.6. The molecule has 0 amide bonds. The van der Waals surface area contributed by atoms with Crippen LogP contribution in [0.5, 0.6) is 0 Å². The average molecular weight is 717 g/mol. The van der Waals surface area contributed by atoms with E-state index in [2.05, 4.69) is 99.6 Å². The van der Waals surface area contributed by atoms with Crippen molar-refractivity contribution in [1.29, 1.82) is 0 Å². The molecule has 0 spiro atoms. The molecule has 8 aromatic rings. The van der Waals surface area contributed by atoms with Gasteiger partial charge in [0.25, 0.3) is 0 Å². The van der Waals surface area contributed by atoms with Gasteiger partial charge in [0.15, 0.2) is 0 Å². The van der Waals surface area contributed by atoms with Gasteiger partial charge in [0.1, 0.15) is 0 Å². The van der Waals surface area contributed by atoms with Crippen molar-refractivity contribution >= 4 is 86.2 Å². The lowest BCUT2D eigenvalue weighted by Gasteiger charge is -2.03. The molecule has 0 unspecified atom stereocenters. The van der Waals surface area contributed by atoms with E-state index in [1.165, 1.54) is 27.2 Å². The number of rotatable bonds is 4. The zero-order valence-corrected chi connectivity index (χ0v) is 31.9. The van der Waals surface area contributed by atoms with E-state index in [4.69, 9.17) is 5.48 Å². The molecule has 0 radical (unpaired) electrons. The van der Waals surface area contributed by atoms with E-state index < -0.39 is 0 Å². The second-order valence-corrected chi connectivity index (χ2v) is 16.1. The first kappa shape index (κ1) is 30.5. The standard InChI is InChI=1S/4C10H11NS/c4*1-7(2)8-3-4-9-10(5-8)12-6-11-9/h4*3-7H,1-2H3/i6T;5T;4T;3T. The molecule has 0 aliphatic heterocycles. The van der Waals surface area contributed by atoms with Crippen LogP contribution in [0.4, 0.5) is 0 Å². The Hall–Kier alpha value is -3.56. The van der Waals surface area contributed by atoms with Gasteiger partial charge in [-0.2, -0.15) is 0 Å². The summed E-state index contributed by atoms with van der Waals surface area (Å²) in [6.07, 6.45) is 0. The van der Waals surface area contributed by atoms with Crippen LogP contribution in [0.3, 0.4) is 0 Å². The number of fused-ring (bicyclic) bond motifs is 4. The van der Waals surface area contributed by atoms with Gasteiger partial charge in [0, 0.05) is 0 Å². The highest BCUT2D eigenvalue weighted by atomic mass is 32.1. The molecule has 4 aromatic carbocycles. The zero-order chi connectivity index (χ0) is 37.7. The van der Waals surface area contributed by atoms with Crippen molar-refractivity contribution in [2.75, 3.05) is 0 Å². The minimum Gasteiger partial charge on any atom is -0.245 e. The monoisotopic (exact) mass is 716 g/mol. The Morgan fingerprint density at radius 2 is 0.896 bits per heavy atom. The van der Waals surface area contributed by atoms with E-state index in [0.717, 1.165) is 47.3 Å². The number of thiazole rings is 4. The molecule has 0 fully saturated rings. The van der Waals surface area contributed by atoms with Gasteiger partial charge in [-0.15, -0.1) is 45.3 Å². The predicted octanol–water partition coefficient (Wildman–Crippen LogP) is 13.7. The summed E-state index contributed by atoms with van der Waals surface area (Å²) in [5.41, 5.74) is 14.2. The van der Waals surface area contributed by atoms with Gasteiger partial charge in [-0.1, -0.05) is 79.6 Å². The molecule has 0 aliphatic rings. The van der Waals surface area contributed by atoms with Crippen LogP contribution in [0, 0.1) is 0 Å². The smallest absolute Gasteiger partial charge is 0.0960 e. The number of benzene rings is 4. The van der Waals surface area contributed by atoms with E-state index in [-0.39, 0.29) is 0 Å². The lowest BCUT2D eigenvalue weighted by atomic mass is 10.0. The lowest BCUT2D eigenvalue weighted by Crippen LogP contribution is -1.84. The molecule has 0 aliphatic carbocycles. The summed E-state index contributed by atoms with van der Waals surface area (Å²) in [5.74, 6) is 1.86. The fourth-order valence-electron chi connectivity index (χ4n) is 4.62. The van der Waals surface area contributed by atoms with Gasteiger partial charge in [-0.3, -0.25) is 0 Å². The van der Waals surface area contributed by atoms with Crippen LogP contribution >= 0.6 is 45.3 Å². The highest BCUT2D eigenvalue weighted by Crippen LogP contribution is 2.26.